The molecule has 0 spiro atoms. The molecule has 0 amide bonds. The van der Waals surface area contributed by atoms with Crippen molar-refractivity contribution < 1.29 is 14.6 Å². The zero-order valence-electron chi connectivity index (χ0n) is 11.9. The molecule has 0 aliphatic carbocycles. The summed E-state index contributed by atoms with van der Waals surface area (Å²) in [4.78, 5) is 13.0. The maximum absolute atomic E-state index is 11.9. The number of phenolic OH excluding ortho intramolecular Hbond substituents is 1. The number of fused-ring (bicyclic) bond motifs is 1. The molecule has 1 aromatic rings. The summed E-state index contributed by atoms with van der Waals surface area (Å²) in [5.74, 6) is 0.271. The summed E-state index contributed by atoms with van der Waals surface area (Å²) in [6.45, 7) is 8.14. The highest BCUT2D eigenvalue weighted by Crippen LogP contribution is 2.44. The van der Waals surface area contributed by atoms with Crippen molar-refractivity contribution in [1.29, 1.82) is 0 Å². The lowest BCUT2D eigenvalue weighted by atomic mass is 9.95. The Morgan fingerprint density at radius 2 is 2.00 bits per heavy atom. The van der Waals surface area contributed by atoms with Crippen LogP contribution in [0.3, 0.4) is 0 Å². The molecule has 1 heterocycles. The predicted octanol–water partition coefficient (Wildman–Crippen LogP) is 3.29. The van der Waals surface area contributed by atoms with E-state index in [1.54, 1.807) is 11.8 Å². The Hall–Kier alpha value is -1.16. The van der Waals surface area contributed by atoms with Gasteiger partial charge in [0.25, 0.3) is 0 Å². The molecule has 0 radical (unpaired) electrons. The third kappa shape index (κ3) is 2.46. The maximum atomic E-state index is 11.9. The van der Waals surface area contributed by atoms with Crippen LogP contribution in [0.25, 0.3) is 0 Å². The number of hydrogen-bond acceptors (Lipinski definition) is 4. The van der Waals surface area contributed by atoms with Gasteiger partial charge in [-0.05, 0) is 62.8 Å². The molecule has 1 aliphatic rings. The summed E-state index contributed by atoms with van der Waals surface area (Å²) in [6, 6.07) is 0. The van der Waals surface area contributed by atoms with Gasteiger partial charge in [0.15, 0.2) is 0 Å². The summed E-state index contributed by atoms with van der Waals surface area (Å²) >= 11 is 1.58. The molecule has 0 saturated carbocycles. The van der Waals surface area contributed by atoms with E-state index in [0.717, 1.165) is 34.4 Å². The lowest BCUT2D eigenvalue weighted by molar-refractivity contribution is -0.142. The Labute approximate surface area is 118 Å². The molecule has 1 aromatic carbocycles. The largest absolute Gasteiger partial charge is 0.507 e. The smallest absolute Gasteiger partial charge is 0.319 e. The van der Waals surface area contributed by atoms with E-state index in [9.17, 15) is 9.90 Å². The normalized spacial score (nSPS) is 18.0. The second-order valence-corrected chi connectivity index (χ2v) is 6.14. The fourth-order valence-corrected chi connectivity index (χ4v) is 3.92. The molecule has 0 fully saturated rings. The molecule has 2 rings (SSSR count). The second kappa shape index (κ2) is 5.45. The highest BCUT2D eigenvalue weighted by molar-refractivity contribution is 8.00. The van der Waals surface area contributed by atoms with Gasteiger partial charge in [-0.3, -0.25) is 4.79 Å². The minimum atomic E-state index is -0.124. The minimum Gasteiger partial charge on any atom is -0.507 e. The van der Waals surface area contributed by atoms with Crippen LogP contribution in [0.4, 0.5) is 0 Å². The monoisotopic (exact) mass is 280 g/mol. The number of aromatic hydroxyl groups is 1. The van der Waals surface area contributed by atoms with E-state index in [2.05, 4.69) is 0 Å². The fraction of sp³-hybridized carbons (Fsp3) is 0.533. The quantitative estimate of drug-likeness (QED) is 0.844. The topological polar surface area (TPSA) is 46.5 Å². The van der Waals surface area contributed by atoms with Gasteiger partial charge >= 0.3 is 5.97 Å². The SMILES string of the molecule is CCOC(=O)C1CCc2c(C)c(O)c(C)c(C)c2S1. The van der Waals surface area contributed by atoms with Gasteiger partial charge < -0.3 is 9.84 Å². The van der Waals surface area contributed by atoms with E-state index in [1.165, 1.54) is 5.56 Å². The number of hydrogen-bond donors (Lipinski definition) is 1. The number of carbonyl (C=O) groups is 1. The first kappa shape index (κ1) is 14.3. The number of ether oxygens (including phenoxy) is 1. The summed E-state index contributed by atoms with van der Waals surface area (Å²) in [5, 5.41) is 9.99. The van der Waals surface area contributed by atoms with Crippen LogP contribution < -0.4 is 0 Å². The van der Waals surface area contributed by atoms with E-state index in [1.807, 2.05) is 27.7 Å². The highest BCUT2D eigenvalue weighted by atomic mass is 32.2. The van der Waals surface area contributed by atoms with Crippen molar-refractivity contribution in [2.24, 2.45) is 0 Å². The van der Waals surface area contributed by atoms with Crippen LogP contribution in [0.1, 0.15) is 35.6 Å². The first-order valence-corrected chi connectivity index (χ1v) is 7.50. The fourth-order valence-electron chi connectivity index (χ4n) is 2.51. The number of thioether (sulfide) groups is 1. The Balaban J connectivity index is 2.38. The molecule has 1 atom stereocenters. The van der Waals surface area contributed by atoms with Gasteiger partial charge in [0.1, 0.15) is 11.0 Å². The number of carbonyl (C=O) groups excluding carboxylic acids is 1. The van der Waals surface area contributed by atoms with Crippen molar-refractivity contribution in [1.82, 2.24) is 0 Å². The van der Waals surface area contributed by atoms with Crippen molar-refractivity contribution >= 4 is 17.7 Å². The molecule has 0 saturated heterocycles. The van der Waals surface area contributed by atoms with Crippen LogP contribution >= 0.6 is 11.8 Å². The molecular weight excluding hydrogens is 260 g/mol. The van der Waals surface area contributed by atoms with Gasteiger partial charge in [-0.1, -0.05) is 0 Å². The molecule has 4 heteroatoms. The molecule has 0 aromatic heterocycles. The predicted molar refractivity (Wildman–Crippen MR) is 76.9 cm³/mol. The van der Waals surface area contributed by atoms with Crippen molar-refractivity contribution in [3.8, 4) is 5.75 Å². The van der Waals surface area contributed by atoms with Crippen LogP contribution in [0.2, 0.25) is 0 Å². The van der Waals surface area contributed by atoms with Crippen LogP contribution in [0, 0.1) is 20.8 Å². The minimum absolute atomic E-state index is 0.116. The lowest BCUT2D eigenvalue weighted by Crippen LogP contribution is -2.24. The molecular formula is C15H20O3S. The zero-order valence-corrected chi connectivity index (χ0v) is 12.7. The molecule has 1 aliphatic heterocycles. The van der Waals surface area contributed by atoms with Crippen LogP contribution in [-0.2, 0) is 16.0 Å². The average Bonchev–Trinajstić information content (AvgIpc) is 2.42. The number of benzene rings is 1. The first-order chi connectivity index (χ1) is 8.97. The van der Waals surface area contributed by atoms with Gasteiger partial charge in [-0.25, -0.2) is 0 Å². The Kier molecular flexibility index (Phi) is 4.09. The number of rotatable bonds is 2. The van der Waals surface area contributed by atoms with Gasteiger partial charge in [0, 0.05) is 4.90 Å². The number of esters is 1. The molecule has 1 unspecified atom stereocenters. The van der Waals surface area contributed by atoms with E-state index >= 15 is 0 Å². The van der Waals surface area contributed by atoms with Crippen molar-refractivity contribution in [3.63, 3.8) is 0 Å². The van der Waals surface area contributed by atoms with E-state index in [-0.39, 0.29) is 11.2 Å². The van der Waals surface area contributed by atoms with Crippen LogP contribution in [-0.4, -0.2) is 22.9 Å². The van der Waals surface area contributed by atoms with Gasteiger partial charge in [0.2, 0.25) is 0 Å². The van der Waals surface area contributed by atoms with Gasteiger partial charge in [0.05, 0.1) is 6.61 Å². The Morgan fingerprint density at radius 3 is 2.63 bits per heavy atom. The third-order valence-corrected chi connectivity index (χ3v) is 5.31. The molecule has 104 valence electrons. The lowest BCUT2D eigenvalue weighted by Gasteiger charge is -2.27. The van der Waals surface area contributed by atoms with Crippen molar-refractivity contribution in [2.45, 2.75) is 50.7 Å². The average molecular weight is 280 g/mol. The summed E-state index contributed by atoms with van der Waals surface area (Å²) in [6.07, 6.45) is 1.60. The van der Waals surface area contributed by atoms with Crippen molar-refractivity contribution in [2.75, 3.05) is 6.61 Å². The number of phenols is 1. The molecule has 19 heavy (non-hydrogen) atoms. The second-order valence-electron chi connectivity index (χ2n) is 4.93. The van der Waals surface area contributed by atoms with Gasteiger partial charge in [-0.2, -0.15) is 0 Å². The van der Waals surface area contributed by atoms with E-state index < -0.39 is 0 Å². The Morgan fingerprint density at radius 1 is 1.32 bits per heavy atom. The zero-order chi connectivity index (χ0) is 14.2. The standard InChI is InChI=1S/C15H20O3S/c1-5-18-15(17)12-7-6-11-10(4)13(16)8(2)9(3)14(11)19-12/h12,16H,5-7H2,1-4H3. The first-order valence-electron chi connectivity index (χ1n) is 6.62. The van der Waals surface area contributed by atoms with Crippen LogP contribution in [0.5, 0.6) is 5.75 Å². The van der Waals surface area contributed by atoms with E-state index in [0.29, 0.717) is 12.4 Å². The molecule has 0 bridgehead atoms. The Bertz CT molecular complexity index is 523. The molecule has 1 N–H and O–H groups in total. The van der Waals surface area contributed by atoms with Crippen LogP contribution in [0.15, 0.2) is 4.90 Å². The van der Waals surface area contributed by atoms with Crippen molar-refractivity contribution in [3.05, 3.63) is 22.3 Å². The molecule has 3 nitrogen and oxygen atoms in total. The highest BCUT2D eigenvalue weighted by Gasteiger charge is 2.30. The summed E-state index contributed by atoms with van der Waals surface area (Å²) in [5.41, 5.74) is 4.13. The van der Waals surface area contributed by atoms with Gasteiger partial charge in [-0.15, -0.1) is 11.8 Å². The summed E-state index contributed by atoms with van der Waals surface area (Å²) < 4.78 is 5.11. The summed E-state index contributed by atoms with van der Waals surface area (Å²) in [7, 11) is 0. The van der Waals surface area contributed by atoms with E-state index in [4.69, 9.17) is 4.74 Å². The maximum Gasteiger partial charge on any atom is 0.319 e. The third-order valence-electron chi connectivity index (χ3n) is 3.81.